The second-order valence-electron chi connectivity index (χ2n) is 8.15. The van der Waals surface area contributed by atoms with Gasteiger partial charge in [-0.3, -0.25) is 4.79 Å². The molecule has 2 atom stereocenters. The van der Waals surface area contributed by atoms with E-state index < -0.39 is 10.0 Å². The summed E-state index contributed by atoms with van der Waals surface area (Å²) in [6.45, 7) is 6.12. The Labute approximate surface area is 179 Å². The molecule has 2 aromatic carbocycles. The SMILES string of the molecule is C[C@H]1CCCN(c2ccc([C@H](C)NC(=O)CN(C)S(=O)(=O)c3ccccc3)cc2)C1. The molecule has 0 spiro atoms. The zero-order valence-corrected chi connectivity index (χ0v) is 18.7. The second kappa shape index (κ2) is 9.62. The zero-order valence-electron chi connectivity index (χ0n) is 17.9. The second-order valence-corrected chi connectivity index (χ2v) is 10.2. The summed E-state index contributed by atoms with van der Waals surface area (Å²) >= 11 is 0. The molecule has 30 heavy (non-hydrogen) atoms. The highest BCUT2D eigenvalue weighted by atomic mass is 32.2. The summed E-state index contributed by atoms with van der Waals surface area (Å²) in [6, 6.07) is 16.2. The van der Waals surface area contributed by atoms with Crippen LogP contribution in [0, 0.1) is 5.92 Å². The summed E-state index contributed by atoms with van der Waals surface area (Å²) < 4.78 is 26.2. The quantitative estimate of drug-likeness (QED) is 0.732. The molecule has 0 bridgehead atoms. The van der Waals surface area contributed by atoms with Gasteiger partial charge in [0, 0.05) is 25.8 Å². The van der Waals surface area contributed by atoms with Crippen molar-refractivity contribution in [2.45, 2.75) is 37.6 Å². The number of rotatable bonds is 7. The van der Waals surface area contributed by atoms with Crippen LogP contribution in [0.5, 0.6) is 0 Å². The molecule has 6 nitrogen and oxygen atoms in total. The minimum atomic E-state index is -3.69. The van der Waals surface area contributed by atoms with Crippen molar-refractivity contribution in [2.75, 3.05) is 31.6 Å². The summed E-state index contributed by atoms with van der Waals surface area (Å²) in [5.41, 5.74) is 2.20. The molecule has 0 aliphatic carbocycles. The number of nitrogens with zero attached hydrogens (tertiary/aromatic N) is 2. The van der Waals surface area contributed by atoms with E-state index in [9.17, 15) is 13.2 Å². The smallest absolute Gasteiger partial charge is 0.243 e. The number of carbonyl (C=O) groups is 1. The largest absolute Gasteiger partial charge is 0.371 e. The normalized spacial score (nSPS) is 18.3. The van der Waals surface area contributed by atoms with Gasteiger partial charge in [-0.05, 0) is 55.5 Å². The average Bonchev–Trinajstić information content (AvgIpc) is 2.74. The number of sulfonamides is 1. The number of piperidine rings is 1. The van der Waals surface area contributed by atoms with Crippen molar-refractivity contribution >= 4 is 21.6 Å². The van der Waals surface area contributed by atoms with E-state index in [1.165, 1.54) is 37.7 Å². The molecule has 0 radical (unpaired) electrons. The Balaban J connectivity index is 1.57. The molecule has 1 amide bonds. The molecular weight excluding hydrogens is 398 g/mol. The van der Waals surface area contributed by atoms with Gasteiger partial charge in [0.25, 0.3) is 0 Å². The van der Waals surface area contributed by atoms with E-state index in [1.54, 1.807) is 18.2 Å². The van der Waals surface area contributed by atoms with Crippen LogP contribution in [-0.2, 0) is 14.8 Å². The highest BCUT2D eigenvalue weighted by molar-refractivity contribution is 7.89. The number of hydrogen-bond acceptors (Lipinski definition) is 4. The van der Waals surface area contributed by atoms with Crippen LogP contribution in [0.25, 0.3) is 0 Å². The molecule has 1 aliphatic rings. The molecule has 1 heterocycles. The van der Waals surface area contributed by atoms with Gasteiger partial charge in [-0.15, -0.1) is 0 Å². The Morgan fingerprint density at radius 1 is 1.17 bits per heavy atom. The number of likely N-dealkylation sites (N-methyl/N-ethyl adjacent to an activating group) is 1. The monoisotopic (exact) mass is 429 g/mol. The van der Waals surface area contributed by atoms with Crippen molar-refractivity contribution in [3.05, 3.63) is 60.2 Å². The molecule has 162 valence electrons. The average molecular weight is 430 g/mol. The first kappa shape index (κ1) is 22.3. The van der Waals surface area contributed by atoms with Crippen LogP contribution in [0.3, 0.4) is 0 Å². The minimum Gasteiger partial charge on any atom is -0.371 e. The van der Waals surface area contributed by atoms with Gasteiger partial charge in [-0.2, -0.15) is 4.31 Å². The Bertz CT molecular complexity index is 945. The number of benzene rings is 2. The fraction of sp³-hybridized carbons (Fsp3) is 0.435. The molecule has 7 heteroatoms. The van der Waals surface area contributed by atoms with Crippen LogP contribution in [0.1, 0.15) is 38.3 Å². The number of anilines is 1. The van der Waals surface area contributed by atoms with Gasteiger partial charge in [0.15, 0.2) is 0 Å². The fourth-order valence-electron chi connectivity index (χ4n) is 3.83. The topological polar surface area (TPSA) is 69.7 Å². The first-order chi connectivity index (χ1) is 14.3. The lowest BCUT2D eigenvalue weighted by atomic mass is 9.99. The third-order valence-corrected chi connectivity index (χ3v) is 7.43. The van der Waals surface area contributed by atoms with Crippen molar-refractivity contribution in [2.24, 2.45) is 5.92 Å². The zero-order chi connectivity index (χ0) is 21.7. The van der Waals surface area contributed by atoms with Gasteiger partial charge in [-0.25, -0.2) is 8.42 Å². The van der Waals surface area contributed by atoms with Crippen LogP contribution in [-0.4, -0.2) is 45.3 Å². The number of hydrogen-bond donors (Lipinski definition) is 1. The number of nitrogens with one attached hydrogen (secondary N) is 1. The maximum Gasteiger partial charge on any atom is 0.243 e. The van der Waals surface area contributed by atoms with Gasteiger partial charge in [0.1, 0.15) is 0 Å². The predicted molar refractivity (Wildman–Crippen MR) is 120 cm³/mol. The first-order valence-corrected chi connectivity index (χ1v) is 11.9. The van der Waals surface area contributed by atoms with Crippen LogP contribution in [0.2, 0.25) is 0 Å². The van der Waals surface area contributed by atoms with E-state index in [0.29, 0.717) is 5.92 Å². The van der Waals surface area contributed by atoms with E-state index in [4.69, 9.17) is 0 Å². The molecule has 0 saturated carbocycles. The van der Waals surface area contributed by atoms with Crippen molar-refractivity contribution in [1.82, 2.24) is 9.62 Å². The standard InChI is InChI=1S/C23H31N3O3S/c1-18-8-7-15-26(16-18)21-13-11-20(12-14-21)19(2)24-23(27)17-25(3)30(28,29)22-9-5-4-6-10-22/h4-6,9-14,18-19H,7-8,15-17H2,1-3H3,(H,24,27)/t18-,19-/m0/s1. The minimum absolute atomic E-state index is 0.177. The summed E-state index contributed by atoms with van der Waals surface area (Å²) in [4.78, 5) is 15.0. The number of amides is 1. The van der Waals surface area contributed by atoms with E-state index in [1.807, 2.05) is 19.1 Å². The van der Waals surface area contributed by atoms with E-state index in [-0.39, 0.29) is 23.4 Å². The lowest BCUT2D eigenvalue weighted by molar-refractivity contribution is -0.121. The summed E-state index contributed by atoms with van der Waals surface area (Å²) in [5.74, 6) is 0.374. The lowest BCUT2D eigenvalue weighted by Gasteiger charge is -2.33. The van der Waals surface area contributed by atoms with Crippen molar-refractivity contribution < 1.29 is 13.2 Å². The van der Waals surface area contributed by atoms with Crippen molar-refractivity contribution in [3.63, 3.8) is 0 Å². The molecule has 1 fully saturated rings. The van der Waals surface area contributed by atoms with Crippen LogP contribution < -0.4 is 10.2 Å². The maximum absolute atomic E-state index is 12.6. The molecule has 0 unspecified atom stereocenters. The van der Waals surface area contributed by atoms with Gasteiger partial charge in [0.05, 0.1) is 17.5 Å². The highest BCUT2D eigenvalue weighted by Crippen LogP contribution is 2.24. The number of carbonyl (C=O) groups excluding carboxylic acids is 1. The van der Waals surface area contributed by atoms with Crippen molar-refractivity contribution in [3.8, 4) is 0 Å². The van der Waals surface area contributed by atoms with Gasteiger partial charge < -0.3 is 10.2 Å². The Hall–Kier alpha value is -2.38. The van der Waals surface area contributed by atoms with E-state index in [0.717, 1.165) is 23.0 Å². The van der Waals surface area contributed by atoms with Crippen LogP contribution in [0.15, 0.2) is 59.5 Å². The Kier molecular flexibility index (Phi) is 7.15. The molecule has 2 aromatic rings. The molecule has 0 aromatic heterocycles. The Morgan fingerprint density at radius 2 is 1.83 bits per heavy atom. The molecule has 1 saturated heterocycles. The molecule has 3 rings (SSSR count). The van der Waals surface area contributed by atoms with Crippen molar-refractivity contribution in [1.29, 1.82) is 0 Å². The third kappa shape index (κ3) is 5.40. The first-order valence-electron chi connectivity index (χ1n) is 10.4. The molecule has 1 N–H and O–H groups in total. The summed E-state index contributed by atoms with van der Waals surface area (Å²) in [5, 5.41) is 2.90. The fourth-order valence-corrected chi connectivity index (χ4v) is 4.98. The van der Waals surface area contributed by atoms with Gasteiger partial charge in [0.2, 0.25) is 15.9 Å². The predicted octanol–water partition coefficient (Wildman–Crippen LogP) is 3.42. The molecule has 1 aliphatic heterocycles. The maximum atomic E-state index is 12.6. The van der Waals surface area contributed by atoms with Gasteiger partial charge >= 0.3 is 0 Å². The van der Waals surface area contributed by atoms with Crippen LogP contribution in [0.4, 0.5) is 5.69 Å². The van der Waals surface area contributed by atoms with Crippen LogP contribution >= 0.6 is 0 Å². The Morgan fingerprint density at radius 3 is 2.47 bits per heavy atom. The third-order valence-electron chi connectivity index (χ3n) is 5.61. The van der Waals surface area contributed by atoms with E-state index >= 15 is 0 Å². The lowest BCUT2D eigenvalue weighted by Crippen LogP contribution is -2.39. The van der Waals surface area contributed by atoms with E-state index in [2.05, 4.69) is 29.3 Å². The highest BCUT2D eigenvalue weighted by Gasteiger charge is 2.23. The van der Waals surface area contributed by atoms with Gasteiger partial charge in [-0.1, -0.05) is 37.3 Å². The molecular formula is C23H31N3O3S. The summed E-state index contributed by atoms with van der Waals surface area (Å²) in [6.07, 6.45) is 2.50. The summed E-state index contributed by atoms with van der Waals surface area (Å²) in [7, 11) is -2.27.